The predicted octanol–water partition coefficient (Wildman–Crippen LogP) is 3.97. The molecular weight excluding hydrogens is 267 g/mol. The fourth-order valence-corrected chi connectivity index (χ4v) is 2.03. The molecule has 0 amide bonds. The fourth-order valence-electron chi connectivity index (χ4n) is 2.03. The topological polar surface area (TPSA) is 17.8 Å². The minimum atomic E-state index is 1.06. The maximum Gasteiger partial charge on any atom is 0.105 e. The van der Waals surface area contributed by atoms with Gasteiger partial charge in [-0.25, -0.2) is 4.98 Å². The first-order valence-electron chi connectivity index (χ1n) is 7.19. The van der Waals surface area contributed by atoms with Gasteiger partial charge in [0.2, 0.25) is 0 Å². The van der Waals surface area contributed by atoms with E-state index >= 15 is 0 Å². The Labute approximate surface area is 133 Å². The highest BCUT2D eigenvalue weighted by atomic mass is 15.0. The SMILES string of the molecule is Cc1nccn1C.[B]C=C(c1ccccc1)c1ccccc1. The molecular formula is C19H19BN2. The number of hydrogen-bond acceptors (Lipinski definition) is 1. The van der Waals surface area contributed by atoms with E-state index in [9.17, 15) is 0 Å². The lowest BCUT2D eigenvalue weighted by Gasteiger charge is -2.07. The van der Waals surface area contributed by atoms with Crippen molar-refractivity contribution in [2.24, 2.45) is 7.05 Å². The largest absolute Gasteiger partial charge is 0.338 e. The van der Waals surface area contributed by atoms with Crippen LogP contribution in [0.1, 0.15) is 17.0 Å². The van der Waals surface area contributed by atoms with Crippen LogP contribution in [0.25, 0.3) is 5.57 Å². The number of aryl methyl sites for hydroxylation is 2. The number of nitrogens with zero attached hydrogens (tertiary/aromatic N) is 2. The summed E-state index contributed by atoms with van der Waals surface area (Å²) in [5.41, 5.74) is 3.36. The fraction of sp³-hybridized carbons (Fsp3) is 0.105. The standard InChI is InChI=1S/C14H11B.C5H8N2/c15-11-14(12-7-3-1-4-8-12)13-9-5-2-6-10-13;1-5-6-3-4-7(5)2/h1-11H;3-4H,1-2H3. The molecule has 2 aromatic carbocycles. The lowest BCUT2D eigenvalue weighted by atomic mass is 9.92. The summed E-state index contributed by atoms with van der Waals surface area (Å²) in [6.07, 6.45) is 3.71. The first kappa shape index (κ1) is 15.8. The summed E-state index contributed by atoms with van der Waals surface area (Å²) >= 11 is 0. The van der Waals surface area contributed by atoms with E-state index in [-0.39, 0.29) is 0 Å². The molecule has 0 saturated heterocycles. The van der Waals surface area contributed by atoms with Gasteiger partial charge in [-0.1, -0.05) is 60.7 Å². The highest BCUT2D eigenvalue weighted by molar-refractivity contribution is 6.21. The second-order valence-electron chi connectivity index (χ2n) is 4.90. The van der Waals surface area contributed by atoms with Gasteiger partial charge in [-0.2, -0.15) is 0 Å². The Bertz CT molecular complexity index is 657. The van der Waals surface area contributed by atoms with Crippen LogP contribution in [0.3, 0.4) is 0 Å². The van der Waals surface area contributed by atoms with Crippen LogP contribution in [0.4, 0.5) is 0 Å². The summed E-state index contributed by atoms with van der Waals surface area (Å²) in [5.74, 6) is 2.71. The van der Waals surface area contributed by atoms with Gasteiger partial charge < -0.3 is 4.57 Å². The monoisotopic (exact) mass is 286 g/mol. The molecule has 0 fully saturated rings. The van der Waals surface area contributed by atoms with E-state index in [2.05, 4.69) is 29.2 Å². The summed E-state index contributed by atoms with van der Waals surface area (Å²) in [4.78, 5) is 3.98. The van der Waals surface area contributed by atoms with Crippen molar-refractivity contribution in [2.75, 3.05) is 0 Å². The molecule has 0 saturated carbocycles. The summed E-state index contributed by atoms with van der Waals surface area (Å²) in [6.45, 7) is 1.97. The third-order valence-corrected chi connectivity index (χ3v) is 3.40. The van der Waals surface area contributed by atoms with E-state index in [0.29, 0.717) is 0 Å². The normalized spacial score (nSPS) is 9.55. The highest BCUT2D eigenvalue weighted by Gasteiger charge is 2.01. The van der Waals surface area contributed by atoms with Crippen molar-refractivity contribution in [3.05, 3.63) is 96.0 Å². The van der Waals surface area contributed by atoms with E-state index < -0.39 is 0 Å². The first-order valence-corrected chi connectivity index (χ1v) is 7.19. The molecule has 0 aliphatic rings. The number of rotatable bonds is 2. The Morgan fingerprint density at radius 2 is 1.45 bits per heavy atom. The molecule has 2 radical (unpaired) electrons. The lowest BCUT2D eigenvalue weighted by Crippen LogP contribution is -1.87. The molecule has 3 heteroatoms. The van der Waals surface area contributed by atoms with E-state index in [1.165, 1.54) is 0 Å². The van der Waals surface area contributed by atoms with Crippen molar-refractivity contribution in [3.8, 4) is 0 Å². The van der Waals surface area contributed by atoms with Crippen LogP contribution in [0.15, 0.2) is 79.0 Å². The molecule has 0 aliphatic carbocycles. The molecule has 1 aromatic heterocycles. The number of benzene rings is 2. The van der Waals surface area contributed by atoms with Crippen LogP contribution in [-0.4, -0.2) is 17.4 Å². The third kappa shape index (κ3) is 4.22. The Hall–Kier alpha value is -2.55. The van der Waals surface area contributed by atoms with Gasteiger partial charge in [0.1, 0.15) is 13.7 Å². The van der Waals surface area contributed by atoms with Crippen LogP contribution in [-0.2, 0) is 7.05 Å². The maximum atomic E-state index is 5.67. The lowest BCUT2D eigenvalue weighted by molar-refractivity contribution is 0.858. The van der Waals surface area contributed by atoms with Gasteiger partial charge in [0.05, 0.1) is 0 Å². The molecule has 0 unspecified atom stereocenters. The zero-order valence-corrected chi connectivity index (χ0v) is 13.0. The van der Waals surface area contributed by atoms with E-state index in [0.717, 1.165) is 22.5 Å². The second kappa shape index (κ2) is 8.03. The van der Waals surface area contributed by atoms with Gasteiger partial charge >= 0.3 is 0 Å². The van der Waals surface area contributed by atoms with Crippen molar-refractivity contribution in [2.45, 2.75) is 6.92 Å². The Balaban J connectivity index is 0.000000211. The summed E-state index contributed by atoms with van der Waals surface area (Å²) in [6, 6.07) is 20.3. The maximum absolute atomic E-state index is 5.67. The first-order chi connectivity index (χ1) is 10.7. The van der Waals surface area contributed by atoms with Gasteiger partial charge in [0.15, 0.2) is 0 Å². The van der Waals surface area contributed by atoms with Crippen LogP contribution in [0.2, 0.25) is 0 Å². The quantitative estimate of drug-likeness (QED) is 0.652. The molecule has 0 spiro atoms. The van der Waals surface area contributed by atoms with Gasteiger partial charge in [-0.3, -0.25) is 0 Å². The number of hydrogen-bond donors (Lipinski definition) is 0. The molecule has 0 bridgehead atoms. The molecule has 0 aliphatic heterocycles. The third-order valence-electron chi connectivity index (χ3n) is 3.40. The number of imidazole rings is 1. The molecule has 2 nitrogen and oxygen atoms in total. The minimum absolute atomic E-state index is 1.06. The van der Waals surface area contributed by atoms with Crippen molar-refractivity contribution in [1.82, 2.24) is 9.55 Å². The molecule has 3 aromatic rings. The van der Waals surface area contributed by atoms with Crippen molar-refractivity contribution in [3.63, 3.8) is 0 Å². The van der Waals surface area contributed by atoms with Gasteiger partial charge in [-0.05, 0) is 23.6 Å². The van der Waals surface area contributed by atoms with Crippen LogP contribution < -0.4 is 0 Å². The van der Waals surface area contributed by atoms with Gasteiger partial charge in [-0.15, -0.1) is 5.98 Å². The Kier molecular flexibility index (Phi) is 5.78. The summed E-state index contributed by atoms with van der Waals surface area (Å²) in [5, 5.41) is 0. The van der Waals surface area contributed by atoms with E-state index in [4.69, 9.17) is 7.85 Å². The average Bonchev–Trinajstić information content (AvgIpc) is 2.94. The smallest absolute Gasteiger partial charge is 0.105 e. The Morgan fingerprint density at radius 1 is 0.955 bits per heavy atom. The van der Waals surface area contributed by atoms with Crippen LogP contribution in [0, 0.1) is 6.92 Å². The summed E-state index contributed by atoms with van der Waals surface area (Å²) in [7, 11) is 7.65. The Morgan fingerprint density at radius 3 is 1.73 bits per heavy atom. The second-order valence-corrected chi connectivity index (χ2v) is 4.90. The zero-order valence-electron chi connectivity index (χ0n) is 13.0. The van der Waals surface area contributed by atoms with Crippen molar-refractivity contribution >= 4 is 13.4 Å². The van der Waals surface area contributed by atoms with Gasteiger partial charge in [0.25, 0.3) is 0 Å². The van der Waals surface area contributed by atoms with E-state index in [1.807, 2.05) is 61.1 Å². The van der Waals surface area contributed by atoms with E-state index in [1.54, 1.807) is 12.2 Å². The molecule has 22 heavy (non-hydrogen) atoms. The number of aromatic nitrogens is 2. The van der Waals surface area contributed by atoms with Crippen molar-refractivity contribution in [1.29, 1.82) is 0 Å². The average molecular weight is 286 g/mol. The van der Waals surface area contributed by atoms with Crippen LogP contribution in [0.5, 0.6) is 0 Å². The van der Waals surface area contributed by atoms with Gasteiger partial charge in [0, 0.05) is 19.4 Å². The zero-order chi connectivity index (χ0) is 15.8. The molecule has 1 heterocycles. The van der Waals surface area contributed by atoms with Crippen LogP contribution >= 0.6 is 0 Å². The summed E-state index contributed by atoms with van der Waals surface area (Å²) < 4.78 is 1.97. The molecule has 3 rings (SSSR count). The molecule has 0 N–H and O–H groups in total. The highest BCUT2D eigenvalue weighted by Crippen LogP contribution is 2.21. The minimum Gasteiger partial charge on any atom is -0.338 e. The predicted molar refractivity (Wildman–Crippen MR) is 93.7 cm³/mol. The van der Waals surface area contributed by atoms with Crippen molar-refractivity contribution < 1.29 is 0 Å². The molecule has 0 atom stereocenters. The molecule has 108 valence electrons.